The molecule has 0 bridgehead atoms. The van der Waals surface area contributed by atoms with Crippen LogP contribution in [0.15, 0.2) is 29.4 Å². The van der Waals surface area contributed by atoms with Gasteiger partial charge in [0.05, 0.1) is 5.75 Å². The third-order valence-corrected chi connectivity index (χ3v) is 4.28. The fourth-order valence-corrected chi connectivity index (χ4v) is 3.34. The molecule has 112 valence electrons. The van der Waals surface area contributed by atoms with Gasteiger partial charge in [-0.1, -0.05) is 44.1 Å². The largest absolute Gasteiger partial charge is 0.409 e. The van der Waals surface area contributed by atoms with Crippen LogP contribution in [0.2, 0.25) is 0 Å². The SMILES string of the molecule is CC(C)(C)CS(=O)(=O)NCc1cccc(C(N)=NO)c1. The highest BCUT2D eigenvalue weighted by atomic mass is 32.2. The molecule has 0 radical (unpaired) electrons. The number of nitrogens with zero attached hydrogens (tertiary/aromatic N) is 1. The van der Waals surface area contributed by atoms with Crippen molar-refractivity contribution in [1.29, 1.82) is 0 Å². The van der Waals surface area contributed by atoms with Gasteiger partial charge in [-0.05, 0) is 17.0 Å². The van der Waals surface area contributed by atoms with E-state index in [4.69, 9.17) is 10.9 Å². The summed E-state index contributed by atoms with van der Waals surface area (Å²) in [5.41, 5.74) is 6.47. The van der Waals surface area contributed by atoms with Crippen LogP contribution < -0.4 is 10.5 Å². The first-order valence-electron chi connectivity index (χ1n) is 6.17. The van der Waals surface area contributed by atoms with Gasteiger partial charge in [-0.3, -0.25) is 0 Å². The Labute approximate surface area is 119 Å². The minimum absolute atomic E-state index is 0.00982. The lowest BCUT2D eigenvalue weighted by Crippen LogP contribution is -2.32. The van der Waals surface area contributed by atoms with E-state index < -0.39 is 10.0 Å². The molecule has 1 rings (SSSR count). The van der Waals surface area contributed by atoms with Gasteiger partial charge in [-0.25, -0.2) is 13.1 Å². The maximum absolute atomic E-state index is 11.9. The molecule has 0 atom stereocenters. The molecule has 0 saturated carbocycles. The Bertz CT molecular complexity index is 589. The molecule has 0 unspecified atom stereocenters. The summed E-state index contributed by atoms with van der Waals surface area (Å²) >= 11 is 0. The summed E-state index contributed by atoms with van der Waals surface area (Å²) in [7, 11) is -3.34. The lowest BCUT2D eigenvalue weighted by molar-refractivity contribution is 0.318. The summed E-state index contributed by atoms with van der Waals surface area (Å²) in [5.74, 6) is 0.0457. The molecule has 1 aromatic carbocycles. The van der Waals surface area contributed by atoms with E-state index in [1.54, 1.807) is 24.3 Å². The Hall–Kier alpha value is -1.60. The van der Waals surface area contributed by atoms with Crippen LogP contribution in [0.1, 0.15) is 31.9 Å². The highest BCUT2D eigenvalue weighted by molar-refractivity contribution is 7.89. The van der Waals surface area contributed by atoms with Crippen molar-refractivity contribution in [3.8, 4) is 0 Å². The smallest absolute Gasteiger partial charge is 0.212 e. The number of benzene rings is 1. The van der Waals surface area contributed by atoms with Gasteiger partial charge in [0.15, 0.2) is 5.84 Å². The summed E-state index contributed by atoms with van der Waals surface area (Å²) in [6, 6.07) is 6.85. The zero-order valence-corrected chi connectivity index (χ0v) is 12.7. The van der Waals surface area contributed by atoms with E-state index in [-0.39, 0.29) is 23.5 Å². The molecule has 0 aliphatic heterocycles. The van der Waals surface area contributed by atoms with E-state index in [9.17, 15) is 8.42 Å². The van der Waals surface area contributed by atoms with E-state index in [0.29, 0.717) is 5.56 Å². The van der Waals surface area contributed by atoms with Crippen molar-refractivity contribution in [2.45, 2.75) is 27.3 Å². The molecule has 0 spiro atoms. The van der Waals surface area contributed by atoms with Crippen molar-refractivity contribution in [3.05, 3.63) is 35.4 Å². The summed E-state index contributed by atoms with van der Waals surface area (Å²) < 4.78 is 26.3. The van der Waals surface area contributed by atoms with Crippen molar-refractivity contribution in [2.75, 3.05) is 5.75 Å². The summed E-state index contributed by atoms with van der Waals surface area (Å²) in [5, 5.41) is 11.5. The van der Waals surface area contributed by atoms with E-state index >= 15 is 0 Å². The molecule has 0 fully saturated rings. The molecule has 6 nitrogen and oxygen atoms in total. The van der Waals surface area contributed by atoms with Crippen LogP contribution in [0.5, 0.6) is 0 Å². The number of hydrogen-bond donors (Lipinski definition) is 3. The zero-order valence-electron chi connectivity index (χ0n) is 11.9. The Morgan fingerprint density at radius 1 is 1.40 bits per heavy atom. The molecular formula is C13H21N3O3S. The second kappa shape index (κ2) is 6.23. The van der Waals surface area contributed by atoms with Gasteiger partial charge < -0.3 is 10.9 Å². The number of nitrogens with one attached hydrogen (secondary N) is 1. The molecular weight excluding hydrogens is 278 g/mol. The molecule has 0 saturated heterocycles. The molecule has 0 heterocycles. The topological polar surface area (TPSA) is 105 Å². The molecule has 7 heteroatoms. The number of nitrogens with two attached hydrogens (primary N) is 1. The summed E-state index contributed by atoms with van der Waals surface area (Å²) in [6.45, 7) is 5.77. The van der Waals surface area contributed by atoms with Crippen LogP contribution in [-0.2, 0) is 16.6 Å². The lowest BCUT2D eigenvalue weighted by Gasteiger charge is -2.18. The van der Waals surface area contributed by atoms with Crippen molar-refractivity contribution < 1.29 is 13.6 Å². The summed E-state index contributed by atoms with van der Waals surface area (Å²) in [6.07, 6.45) is 0. The van der Waals surface area contributed by atoms with Gasteiger partial charge in [-0.2, -0.15) is 0 Å². The fourth-order valence-electron chi connectivity index (χ4n) is 1.71. The van der Waals surface area contributed by atoms with Gasteiger partial charge in [0.1, 0.15) is 0 Å². The predicted octanol–water partition coefficient (Wildman–Crippen LogP) is 1.25. The van der Waals surface area contributed by atoms with Crippen LogP contribution in [0.4, 0.5) is 0 Å². The predicted molar refractivity (Wildman–Crippen MR) is 79.0 cm³/mol. The average molecular weight is 299 g/mol. The molecule has 4 N–H and O–H groups in total. The van der Waals surface area contributed by atoms with Crippen LogP contribution in [-0.4, -0.2) is 25.2 Å². The molecule has 0 aliphatic carbocycles. The molecule has 0 amide bonds. The minimum atomic E-state index is -3.34. The van der Waals surface area contributed by atoms with Gasteiger partial charge in [0.2, 0.25) is 10.0 Å². The first-order chi connectivity index (χ1) is 9.13. The van der Waals surface area contributed by atoms with E-state index in [1.807, 2.05) is 20.8 Å². The van der Waals surface area contributed by atoms with Crippen molar-refractivity contribution in [3.63, 3.8) is 0 Å². The Balaban J connectivity index is 2.76. The number of oxime groups is 1. The minimum Gasteiger partial charge on any atom is -0.409 e. The maximum Gasteiger partial charge on any atom is 0.212 e. The number of rotatable bonds is 5. The molecule has 0 aromatic heterocycles. The van der Waals surface area contributed by atoms with Crippen molar-refractivity contribution >= 4 is 15.9 Å². The molecule has 1 aromatic rings. The van der Waals surface area contributed by atoms with Crippen LogP contribution in [0.3, 0.4) is 0 Å². The lowest BCUT2D eigenvalue weighted by atomic mass is 10.0. The molecule has 0 aliphatic rings. The normalized spacial score (nSPS) is 13.4. The van der Waals surface area contributed by atoms with Gasteiger partial charge in [-0.15, -0.1) is 0 Å². The van der Waals surface area contributed by atoms with Crippen molar-refractivity contribution in [1.82, 2.24) is 4.72 Å². The number of sulfonamides is 1. The van der Waals surface area contributed by atoms with E-state index in [0.717, 1.165) is 5.56 Å². The Kier molecular flexibility index (Phi) is 5.13. The quantitative estimate of drug-likeness (QED) is 0.329. The van der Waals surface area contributed by atoms with Gasteiger partial charge >= 0.3 is 0 Å². The number of amidine groups is 1. The van der Waals surface area contributed by atoms with Crippen LogP contribution >= 0.6 is 0 Å². The monoisotopic (exact) mass is 299 g/mol. The van der Waals surface area contributed by atoms with Crippen LogP contribution in [0, 0.1) is 5.41 Å². The second-order valence-corrected chi connectivity index (χ2v) is 7.63. The number of hydrogen-bond acceptors (Lipinski definition) is 4. The first-order valence-corrected chi connectivity index (χ1v) is 7.82. The second-order valence-electron chi connectivity index (χ2n) is 5.83. The first kappa shape index (κ1) is 16.5. The fraction of sp³-hybridized carbons (Fsp3) is 0.462. The third kappa shape index (κ3) is 5.58. The maximum atomic E-state index is 11.9. The average Bonchev–Trinajstić information content (AvgIpc) is 2.33. The van der Waals surface area contributed by atoms with E-state index in [2.05, 4.69) is 9.88 Å². The Morgan fingerprint density at radius 2 is 2.05 bits per heavy atom. The van der Waals surface area contributed by atoms with E-state index in [1.165, 1.54) is 0 Å². The van der Waals surface area contributed by atoms with Crippen LogP contribution in [0.25, 0.3) is 0 Å². The highest BCUT2D eigenvalue weighted by Gasteiger charge is 2.21. The Morgan fingerprint density at radius 3 is 2.60 bits per heavy atom. The standard InChI is InChI=1S/C13H21N3O3S/c1-13(2,3)9-20(18,19)15-8-10-5-4-6-11(7-10)12(14)16-17/h4-7,15,17H,8-9H2,1-3H3,(H2,14,16). The molecule has 20 heavy (non-hydrogen) atoms. The van der Waals surface area contributed by atoms with Gasteiger partial charge in [0, 0.05) is 12.1 Å². The third-order valence-electron chi connectivity index (χ3n) is 2.45. The zero-order chi connectivity index (χ0) is 15.4. The van der Waals surface area contributed by atoms with Gasteiger partial charge in [0.25, 0.3) is 0 Å². The summed E-state index contributed by atoms with van der Waals surface area (Å²) in [4.78, 5) is 0. The highest BCUT2D eigenvalue weighted by Crippen LogP contribution is 2.15. The van der Waals surface area contributed by atoms with Crippen molar-refractivity contribution in [2.24, 2.45) is 16.3 Å².